The van der Waals surface area contributed by atoms with Gasteiger partial charge in [-0.1, -0.05) is 6.07 Å². The second-order valence-corrected chi connectivity index (χ2v) is 6.49. The molecule has 3 nitrogen and oxygen atoms in total. The zero-order chi connectivity index (χ0) is 19.0. The van der Waals surface area contributed by atoms with Crippen molar-refractivity contribution in [2.75, 3.05) is 7.11 Å². The Bertz CT molecular complexity index is 1040. The zero-order valence-electron chi connectivity index (χ0n) is 13.8. The Kier molecular flexibility index (Phi) is 4.91. The lowest BCUT2D eigenvalue weighted by atomic mass is 10.1. The number of methoxy groups -OCH3 is 1. The maximum Gasteiger partial charge on any atom is 0.196 e. The van der Waals surface area contributed by atoms with E-state index >= 15 is 0 Å². The van der Waals surface area contributed by atoms with Gasteiger partial charge in [0.25, 0.3) is 0 Å². The average Bonchev–Trinajstić information content (AvgIpc) is 2.57. The molecule has 0 amide bonds. The Balaban J connectivity index is 2.39. The Morgan fingerprint density at radius 2 is 1.69 bits per heavy atom. The molecule has 0 radical (unpaired) electrons. The monoisotopic (exact) mass is 423 g/mol. The Labute approximate surface area is 155 Å². The first-order chi connectivity index (χ1) is 12.3. The number of ether oxygens (including phenoxy) is 1. The van der Waals surface area contributed by atoms with Crippen molar-refractivity contribution >= 4 is 15.9 Å². The number of hydrogen-bond acceptors (Lipinski definition) is 2. The van der Waals surface area contributed by atoms with Gasteiger partial charge < -0.3 is 9.30 Å². The van der Waals surface area contributed by atoms with Gasteiger partial charge in [-0.3, -0.25) is 4.79 Å². The summed E-state index contributed by atoms with van der Waals surface area (Å²) in [6, 6.07) is 7.45. The van der Waals surface area contributed by atoms with Crippen molar-refractivity contribution in [2.24, 2.45) is 0 Å². The number of pyridine rings is 1. The molecule has 26 heavy (non-hydrogen) atoms. The summed E-state index contributed by atoms with van der Waals surface area (Å²) in [5.74, 6) is -2.70. The molecule has 134 valence electrons. The minimum Gasteiger partial charge on any atom is -0.497 e. The SMILES string of the molecule is COc1ccc(C)c(-n2cc(Br)c(=O)cc2-c2c(F)cc(F)cc2F)c1. The fourth-order valence-electron chi connectivity index (χ4n) is 2.66. The van der Waals surface area contributed by atoms with Crippen molar-refractivity contribution in [2.45, 2.75) is 6.92 Å². The van der Waals surface area contributed by atoms with Crippen molar-refractivity contribution in [3.63, 3.8) is 0 Å². The van der Waals surface area contributed by atoms with E-state index < -0.39 is 28.4 Å². The van der Waals surface area contributed by atoms with Crippen LogP contribution in [0.25, 0.3) is 16.9 Å². The Morgan fingerprint density at radius 3 is 2.31 bits per heavy atom. The molecule has 0 saturated carbocycles. The maximum absolute atomic E-state index is 14.3. The highest BCUT2D eigenvalue weighted by Crippen LogP contribution is 2.31. The molecule has 7 heteroatoms. The first kappa shape index (κ1) is 18.3. The van der Waals surface area contributed by atoms with Crippen LogP contribution in [0.5, 0.6) is 5.75 Å². The van der Waals surface area contributed by atoms with Crippen LogP contribution >= 0.6 is 15.9 Å². The van der Waals surface area contributed by atoms with Gasteiger partial charge in [0.05, 0.1) is 28.5 Å². The van der Waals surface area contributed by atoms with Crippen molar-refractivity contribution < 1.29 is 17.9 Å². The summed E-state index contributed by atoms with van der Waals surface area (Å²) in [5.41, 5.74) is 0.358. The standard InChI is InChI=1S/C19H13BrF3NO2/c1-10-3-4-12(26-2)7-16(10)24-9-13(20)18(25)8-17(24)19-14(22)5-11(21)6-15(19)23/h3-9H,1-2H3. The molecule has 0 saturated heterocycles. The molecule has 0 unspecified atom stereocenters. The number of nitrogens with zero attached hydrogens (tertiary/aromatic N) is 1. The predicted octanol–water partition coefficient (Wildman–Crippen LogP) is 5.00. The average molecular weight is 424 g/mol. The molecule has 0 aliphatic rings. The molecular formula is C19H13BrF3NO2. The summed E-state index contributed by atoms with van der Waals surface area (Å²) in [6.45, 7) is 1.81. The lowest BCUT2D eigenvalue weighted by Crippen LogP contribution is -2.12. The van der Waals surface area contributed by atoms with E-state index in [9.17, 15) is 18.0 Å². The van der Waals surface area contributed by atoms with E-state index in [4.69, 9.17) is 4.74 Å². The van der Waals surface area contributed by atoms with Gasteiger partial charge in [0.2, 0.25) is 0 Å². The Morgan fingerprint density at radius 1 is 1.04 bits per heavy atom. The van der Waals surface area contributed by atoms with Crippen LogP contribution in [0, 0.1) is 24.4 Å². The lowest BCUT2D eigenvalue weighted by molar-refractivity contribution is 0.414. The summed E-state index contributed by atoms with van der Waals surface area (Å²) in [6.07, 6.45) is 1.42. The van der Waals surface area contributed by atoms with Gasteiger partial charge in [-0.2, -0.15) is 0 Å². The van der Waals surface area contributed by atoms with Crippen LogP contribution in [-0.4, -0.2) is 11.7 Å². The highest BCUT2D eigenvalue weighted by molar-refractivity contribution is 9.10. The van der Waals surface area contributed by atoms with Crippen LogP contribution in [0.4, 0.5) is 13.2 Å². The number of rotatable bonds is 3. The highest BCUT2D eigenvalue weighted by atomic mass is 79.9. The molecule has 0 aliphatic carbocycles. The summed E-state index contributed by atoms with van der Waals surface area (Å²) in [4.78, 5) is 12.1. The van der Waals surface area contributed by atoms with Gasteiger partial charge in [-0.15, -0.1) is 0 Å². The normalized spacial score (nSPS) is 10.8. The van der Waals surface area contributed by atoms with Crippen molar-refractivity contribution in [3.8, 4) is 22.7 Å². The third-order valence-corrected chi connectivity index (χ3v) is 4.54. The first-order valence-corrected chi connectivity index (χ1v) is 8.33. The molecule has 3 rings (SSSR count). The number of benzene rings is 2. The van der Waals surface area contributed by atoms with E-state index in [-0.39, 0.29) is 10.2 Å². The summed E-state index contributed by atoms with van der Waals surface area (Å²) >= 11 is 3.15. The summed E-state index contributed by atoms with van der Waals surface area (Å²) in [5, 5.41) is 0. The van der Waals surface area contributed by atoms with E-state index in [1.54, 1.807) is 18.2 Å². The van der Waals surface area contributed by atoms with Gasteiger partial charge >= 0.3 is 0 Å². The van der Waals surface area contributed by atoms with Gasteiger partial charge in [0, 0.05) is 30.5 Å². The minimum absolute atomic E-state index is 0.0375. The minimum atomic E-state index is -1.10. The van der Waals surface area contributed by atoms with Gasteiger partial charge in [0.15, 0.2) is 5.43 Å². The van der Waals surface area contributed by atoms with Crippen molar-refractivity contribution in [1.29, 1.82) is 0 Å². The molecule has 0 spiro atoms. The molecule has 1 aromatic heterocycles. The molecule has 0 atom stereocenters. The lowest BCUT2D eigenvalue weighted by Gasteiger charge is -2.18. The van der Waals surface area contributed by atoms with Crippen molar-refractivity contribution in [1.82, 2.24) is 4.57 Å². The van der Waals surface area contributed by atoms with E-state index in [2.05, 4.69) is 15.9 Å². The molecule has 1 heterocycles. The number of halogens is 4. The Hall–Kier alpha value is -2.54. The van der Waals surface area contributed by atoms with Crippen LogP contribution in [0.15, 0.2) is 51.9 Å². The maximum atomic E-state index is 14.3. The third kappa shape index (κ3) is 3.26. The van der Waals surface area contributed by atoms with Gasteiger partial charge in [0.1, 0.15) is 23.2 Å². The van der Waals surface area contributed by atoms with Crippen LogP contribution in [0.3, 0.4) is 0 Å². The zero-order valence-corrected chi connectivity index (χ0v) is 15.4. The number of aromatic nitrogens is 1. The second-order valence-electron chi connectivity index (χ2n) is 5.64. The van der Waals surface area contributed by atoms with E-state index in [1.807, 2.05) is 6.92 Å². The first-order valence-electron chi connectivity index (χ1n) is 7.54. The quantitative estimate of drug-likeness (QED) is 0.593. The fraction of sp³-hybridized carbons (Fsp3) is 0.105. The van der Waals surface area contributed by atoms with Gasteiger partial charge in [-0.05, 0) is 34.5 Å². The summed E-state index contributed by atoms with van der Waals surface area (Å²) < 4.78 is 48.8. The molecule has 0 N–H and O–H groups in total. The van der Waals surface area contributed by atoms with Crippen molar-refractivity contribution in [3.05, 3.63) is 80.3 Å². The summed E-state index contributed by atoms with van der Waals surface area (Å²) in [7, 11) is 1.50. The van der Waals surface area contributed by atoms with E-state index in [0.29, 0.717) is 23.6 Å². The van der Waals surface area contributed by atoms with Crippen LogP contribution in [-0.2, 0) is 0 Å². The molecular weight excluding hydrogens is 411 g/mol. The fourth-order valence-corrected chi connectivity index (χ4v) is 2.98. The second kappa shape index (κ2) is 6.99. The largest absolute Gasteiger partial charge is 0.497 e. The predicted molar refractivity (Wildman–Crippen MR) is 96.3 cm³/mol. The van der Waals surface area contributed by atoms with Crippen LogP contribution in [0.2, 0.25) is 0 Å². The van der Waals surface area contributed by atoms with Crippen LogP contribution in [0.1, 0.15) is 5.56 Å². The third-order valence-electron chi connectivity index (χ3n) is 3.94. The van der Waals surface area contributed by atoms with E-state index in [0.717, 1.165) is 11.6 Å². The molecule has 0 aliphatic heterocycles. The van der Waals surface area contributed by atoms with Gasteiger partial charge in [-0.25, -0.2) is 13.2 Å². The topological polar surface area (TPSA) is 31.2 Å². The number of aryl methyl sites for hydroxylation is 1. The highest BCUT2D eigenvalue weighted by Gasteiger charge is 2.19. The molecule has 2 aromatic carbocycles. The van der Waals surface area contributed by atoms with E-state index in [1.165, 1.54) is 17.9 Å². The smallest absolute Gasteiger partial charge is 0.196 e. The molecule has 3 aromatic rings. The molecule has 0 fully saturated rings. The van der Waals surface area contributed by atoms with Crippen LogP contribution < -0.4 is 10.2 Å². The number of hydrogen-bond donors (Lipinski definition) is 0. The molecule has 0 bridgehead atoms.